The average Bonchev–Trinajstić information content (AvgIpc) is 2.85. The summed E-state index contributed by atoms with van der Waals surface area (Å²) in [4.78, 5) is 30.1. The Morgan fingerprint density at radius 1 is 0.886 bits per heavy atom. The molecule has 182 valence electrons. The van der Waals surface area contributed by atoms with E-state index in [-0.39, 0.29) is 11.7 Å². The lowest BCUT2D eigenvalue weighted by Crippen LogP contribution is -2.49. The summed E-state index contributed by atoms with van der Waals surface area (Å²) in [5.41, 5.74) is 3.05. The molecule has 1 aromatic carbocycles. The third kappa shape index (κ3) is 6.28. The maximum absolute atomic E-state index is 14.4. The van der Waals surface area contributed by atoms with Gasteiger partial charge in [-0.1, -0.05) is 0 Å². The molecule has 1 amide bonds. The Bertz CT molecular complexity index is 1160. The van der Waals surface area contributed by atoms with Crippen LogP contribution in [0.2, 0.25) is 0 Å². The first kappa shape index (κ1) is 23.1. The van der Waals surface area contributed by atoms with Gasteiger partial charge in [0, 0.05) is 69.5 Å². The number of anilines is 3. The van der Waals surface area contributed by atoms with Gasteiger partial charge in [-0.2, -0.15) is 0 Å². The zero-order valence-corrected chi connectivity index (χ0v) is 19.5. The highest BCUT2D eigenvalue weighted by molar-refractivity contribution is 5.78. The highest BCUT2D eigenvalue weighted by atomic mass is 19.1. The number of carbonyl (C=O) groups excluding carboxylic acids is 1. The molecule has 3 aromatic rings. The second-order valence-corrected chi connectivity index (χ2v) is 8.85. The fourth-order valence-electron chi connectivity index (χ4n) is 4.33. The molecule has 9 nitrogen and oxygen atoms in total. The lowest BCUT2D eigenvalue weighted by molar-refractivity contribution is -0.122. The molecule has 8 bridgehead atoms. The Labute approximate surface area is 203 Å². The molecule has 1 fully saturated rings. The van der Waals surface area contributed by atoms with Gasteiger partial charge in [0.05, 0.1) is 12.2 Å². The van der Waals surface area contributed by atoms with Crippen molar-refractivity contribution in [2.45, 2.75) is 13.0 Å². The maximum Gasteiger partial charge on any atom is 0.234 e. The van der Waals surface area contributed by atoms with Crippen LogP contribution in [0.1, 0.15) is 12.0 Å². The van der Waals surface area contributed by atoms with Crippen LogP contribution >= 0.6 is 0 Å². The SMILES string of the molecule is O=C1CN2CCN(CC2)Cc2cc(F)cc(c2)Nc2nccc(n2)-c2ccc(nc2)NCCCN1. The molecule has 0 unspecified atom stereocenters. The molecule has 10 heteroatoms. The minimum absolute atomic E-state index is 0.0445. The molecule has 5 aliphatic rings. The van der Waals surface area contributed by atoms with Gasteiger partial charge in [0.15, 0.2) is 0 Å². The Balaban J connectivity index is 1.38. The van der Waals surface area contributed by atoms with Crippen LogP contribution in [-0.2, 0) is 11.3 Å². The number of aromatic nitrogens is 3. The fraction of sp³-hybridized carbons (Fsp3) is 0.360. The standard InChI is InChI=1S/C25H29FN8O/c26-20-12-18-13-21(14-20)31-25-29-7-4-22(32-25)19-2-3-23(30-15-19)27-5-1-6-28-24(35)17-34-10-8-33(16-18)9-11-34/h2-4,7,12-15H,1,5-6,8-11,16-17H2,(H,27,30)(H,28,35)(H,29,31,32). The van der Waals surface area contributed by atoms with Crippen LogP contribution in [0.25, 0.3) is 11.3 Å². The van der Waals surface area contributed by atoms with Gasteiger partial charge in [-0.15, -0.1) is 0 Å². The highest BCUT2D eigenvalue weighted by Crippen LogP contribution is 2.22. The van der Waals surface area contributed by atoms with Gasteiger partial charge in [-0.3, -0.25) is 14.6 Å². The van der Waals surface area contributed by atoms with Crippen molar-refractivity contribution in [3.05, 3.63) is 60.2 Å². The van der Waals surface area contributed by atoms with Crippen molar-refractivity contribution in [3.63, 3.8) is 0 Å². The summed E-state index contributed by atoms with van der Waals surface area (Å²) in [5.74, 6) is 0.888. The summed E-state index contributed by atoms with van der Waals surface area (Å²) < 4.78 is 14.4. The number of benzene rings is 1. The van der Waals surface area contributed by atoms with E-state index in [0.717, 1.165) is 55.2 Å². The molecule has 0 saturated carbocycles. The zero-order valence-electron chi connectivity index (χ0n) is 19.5. The fourth-order valence-corrected chi connectivity index (χ4v) is 4.33. The molecule has 35 heavy (non-hydrogen) atoms. The van der Waals surface area contributed by atoms with E-state index in [1.807, 2.05) is 24.3 Å². The minimum atomic E-state index is -0.311. The van der Waals surface area contributed by atoms with Crippen LogP contribution in [0.5, 0.6) is 0 Å². The summed E-state index contributed by atoms with van der Waals surface area (Å²) in [6.07, 6.45) is 4.23. The number of carbonyl (C=O) groups is 1. The predicted molar refractivity (Wildman–Crippen MR) is 133 cm³/mol. The van der Waals surface area contributed by atoms with Crippen LogP contribution in [0.15, 0.2) is 48.8 Å². The molecule has 0 radical (unpaired) electrons. The van der Waals surface area contributed by atoms with Crippen LogP contribution in [-0.4, -0.2) is 76.5 Å². The van der Waals surface area contributed by atoms with Gasteiger partial charge < -0.3 is 16.0 Å². The van der Waals surface area contributed by atoms with Gasteiger partial charge in [0.2, 0.25) is 11.9 Å². The molecule has 0 spiro atoms. The molecule has 7 heterocycles. The molecule has 5 aliphatic heterocycles. The van der Waals surface area contributed by atoms with Crippen molar-refractivity contribution in [3.8, 4) is 11.3 Å². The third-order valence-corrected chi connectivity index (χ3v) is 6.15. The number of rotatable bonds is 0. The van der Waals surface area contributed by atoms with Crippen LogP contribution < -0.4 is 16.0 Å². The van der Waals surface area contributed by atoms with Crippen LogP contribution in [0.4, 0.5) is 21.8 Å². The topological polar surface area (TPSA) is 98.3 Å². The van der Waals surface area contributed by atoms with Gasteiger partial charge in [-0.05, 0) is 48.4 Å². The summed E-state index contributed by atoms with van der Waals surface area (Å²) in [5, 5.41) is 9.42. The number of amides is 1. The van der Waals surface area contributed by atoms with Gasteiger partial charge in [0.25, 0.3) is 0 Å². The highest BCUT2D eigenvalue weighted by Gasteiger charge is 2.19. The second kappa shape index (κ2) is 10.7. The Kier molecular flexibility index (Phi) is 7.10. The quantitative estimate of drug-likeness (QED) is 0.455. The number of pyridine rings is 1. The normalized spacial score (nSPS) is 21.0. The van der Waals surface area contributed by atoms with Crippen molar-refractivity contribution < 1.29 is 9.18 Å². The molecule has 8 rings (SSSR count). The summed E-state index contributed by atoms with van der Waals surface area (Å²) >= 11 is 0. The predicted octanol–water partition coefficient (Wildman–Crippen LogP) is 2.47. The van der Waals surface area contributed by atoms with Crippen molar-refractivity contribution >= 4 is 23.4 Å². The third-order valence-electron chi connectivity index (χ3n) is 6.15. The van der Waals surface area contributed by atoms with Crippen molar-refractivity contribution in [2.24, 2.45) is 0 Å². The first-order valence-corrected chi connectivity index (χ1v) is 11.9. The lowest BCUT2D eigenvalue weighted by atomic mass is 10.1. The largest absolute Gasteiger partial charge is 0.370 e. The van der Waals surface area contributed by atoms with E-state index in [1.165, 1.54) is 6.07 Å². The number of nitrogens with zero attached hydrogens (tertiary/aromatic N) is 5. The smallest absolute Gasteiger partial charge is 0.234 e. The van der Waals surface area contributed by atoms with Gasteiger partial charge in [-0.25, -0.2) is 19.3 Å². The number of nitrogens with one attached hydrogen (secondary N) is 3. The summed E-state index contributed by atoms with van der Waals surface area (Å²) in [6.45, 7) is 5.62. The molecule has 0 aliphatic carbocycles. The zero-order chi connectivity index (χ0) is 24.0. The molecular weight excluding hydrogens is 447 g/mol. The number of halogens is 1. The van der Waals surface area contributed by atoms with E-state index >= 15 is 0 Å². The molecule has 1 saturated heterocycles. The van der Waals surface area contributed by atoms with Gasteiger partial charge in [0.1, 0.15) is 11.6 Å². The molecule has 2 aromatic heterocycles. The van der Waals surface area contributed by atoms with Crippen molar-refractivity contribution in [1.82, 2.24) is 30.1 Å². The van der Waals surface area contributed by atoms with E-state index in [0.29, 0.717) is 37.8 Å². The second-order valence-electron chi connectivity index (χ2n) is 8.85. The Morgan fingerprint density at radius 3 is 2.49 bits per heavy atom. The van der Waals surface area contributed by atoms with Crippen LogP contribution in [0.3, 0.4) is 0 Å². The van der Waals surface area contributed by atoms with E-state index < -0.39 is 0 Å². The Hall–Kier alpha value is -3.63. The van der Waals surface area contributed by atoms with Gasteiger partial charge >= 0.3 is 0 Å². The van der Waals surface area contributed by atoms with Crippen molar-refractivity contribution in [1.29, 1.82) is 0 Å². The number of hydrogen-bond donors (Lipinski definition) is 3. The first-order valence-electron chi connectivity index (χ1n) is 11.9. The molecular formula is C25H29FN8O. The minimum Gasteiger partial charge on any atom is -0.370 e. The summed E-state index contributed by atoms with van der Waals surface area (Å²) in [7, 11) is 0. The van der Waals surface area contributed by atoms with Crippen LogP contribution in [0, 0.1) is 5.82 Å². The van der Waals surface area contributed by atoms with Crippen molar-refractivity contribution in [2.75, 3.05) is 56.4 Å². The maximum atomic E-state index is 14.4. The number of piperazine rings is 1. The monoisotopic (exact) mass is 476 g/mol. The van der Waals surface area contributed by atoms with E-state index in [2.05, 4.69) is 40.7 Å². The summed E-state index contributed by atoms with van der Waals surface area (Å²) in [6, 6.07) is 10.6. The average molecular weight is 477 g/mol. The Morgan fingerprint density at radius 2 is 1.69 bits per heavy atom. The first-order chi connectivity index (χ1) is 17.1. The van der Waals surface area contributed by atoms with E-state index in [9.17, 15) is 9.18 Å². The number of hydrogen-bond acceptors (Lipinski definition) is 8. The van der Waals surface area contributed by atoms with E-state index in [1.54, 1.807) is 18.5 Å². The molecule has 3 N–H and O–H groups in total. The van der Waals surface area contributed by atoms with E-state index in [4.69, 9.17) is 0 Å². The molecule has 0 atom stereocenters. The lowest BCUT2D eigenvalue weighted by Gasteiger charge is -2.34.